The van der Waals surface area contributed by atoms with Crippen molar-refractivity contribution in [2.45, 2.75) is 44.2 Å². The van der Waals surface area contributed by atoms with Gasteiger partial charge in [0.05, 0.1) is 6.10 Å². The molecule has 2 saturated heterocycles. The van der Waals surface area contributed by atoms with Crippen LogP contribution in [0, 0.1) is 0 Å². The van der Waals surface area contributed by atoms with Gasteiger partial charge in [-0.3, -0.25) is 0 Å². The second-order valence-electron chi connectivity index (χ2n) is 6.92. The first-order chi connectivity index (χ1) is 12.0. The zero-order chi connectivity index (χ0) is 17.4. The molecule has 132 valence electrons. The summed E-state index contributed by atoms with van der Waals surface area (Å²) in [6.45, 7) is 3.69. The Morgan fingerprint density at radius 3 is 2.00 bits per heavy atom. The van der Waals surface area contributed by atoms with Crippen LogP contribution in [0.5, 0.6) is 0 Å². The van der Waals surface area contributed by atoms with E-state index in [1.807, 2.05) is 26.0 Å². The van der Waals surface area contributed by atoms with Gasteiger partial charge < -0.3 is 19.3 Å². The van der Waals surface area contributed by atoms with E-state index in [9.17, 15) is 5.11 Å². The zero-order valence-electron chi connectivity index (χ0n) is 14.4. The third-order valence-electron chi connectivity index (χ3n) is 4.61. The van der Waals surface area contributed by atoms with E-state index in [4.69, 9.17) is 14.2 Å². The summed E-state index contributed by atoms with van der Waals surface area (Å²) in [5.74, 6) is -0.703. The topological polar surface area (TPSA) is 47.9 Å². The van der Waals surface area contributed by atoms with Crippen molar-refractivity contribution in [3.05, 3.63) is 60.7 Å². The third kappa shape index (κ3) is 3.51. The Labute approximate surface area is 149 Å². The van der Waals surface area contributed by atoms with E-state index in [2.05, 4.69) is 48.5 Å². The van der Waals surface area contributed by atoms with Gasteiger partial charge in [0.2, 0.25) is 0 Å². The first-order valence-corrected chi connectivity index (χ1v) is 10.1. The largest absolute Gasteiger partial charge is 0.387 e. The Balaban J connectivity index is 1.56. The van der Waals surface area contributed by atoms with Crippen molar-refractivity contribution in [2.75, 3.05) is 6.16 Å². The fraction of sp³-hybridized carbons (Fsp3) is 0.400. The average Bonchev–Trinajstić information content (AvgIpc) is 3.07. The van der Waals surface area contributed by atoms with Crippen LogP contribution in [0.1, 0.15) is 13.8 Å². The maximum absolute atomic E-state index is 10.7. The molecule has 4 unspecified atom stereocenters. The lowest BCUT2D eigenvalue weighted by Gasteiger charge is -2.26. The molecule has 0 amide bonds. The van der Waals surface area contributed by atoms with Crippen LogP contribution in [0.3, 0.4) is 0 Å². The molecule has 4 atom stereocenters. The van der Waals surface area contributed by atoms with E-state index in [0.29, 0.717) is 0 Å². The fourth-order valence-corrected chi connectivity index (χ4v) is 5.91. The van der Waals surface area contributed by atoms with Crippen LogP contribution >= 0.6 is 7.92 Å². The van der Waals surface area contributed by atoms with Gasteiger partial charge in [-0.15, -0.1) is 0 Å². The Kier molecular flexibility index (Phi) is 4.65. The molecule has 0 aliphatic carbocycles. The number of aliphatic hydroxyl groups excluding tert-OH is 1. The molecule has 0 aromatic heterocycles. The summed E-state index contributed by atoms with van der Waals surface area (Å²) in [4.78, 5) is 0. The van der Waals surface area contributed by atoms with Crippen LogP contribution in [-0.2, 0) is 14.2 Å². The van der Waals surface area contributed by atoms with Gasteiger partial charge in [0, 0.05) is 6.16 Å². The second kappa shape index (κ2) is 6.79. The molecular formula is C20H23O4P. The van der Waals surface area contributed by atoms with E-state index in [0.717, 1.165) is 6.16 Å². The predicted molar refractivity (Wildman–Crippen MR) is 98.6 cm³/mol. The van der Waals surface area contributed by atoms with Crippen molar-refractivity contribution in [2.24, 2.45) is 0 Å². The molecule has 2 heterocycles. The summed E-state index contributed by atoms with van der Waals surface area (Å²) in [5.41, 5.74) is 0. The van der Waals surface area contributed by atoms with E-state index in [-0.39, 0.29) is 6.10 Å². The summed E-state index contributed by atoms with van der Waals surface area (Å²) in [7, 11) is -0.627. The number of ether oxygens (including phenoxy) is 3. The molecule has 0 radical (unpaired) electrons. The van der Waals surface area contributed by atoms with Crippen molar-refractivity contribution in [3.8, 4) is 0 Å². The first kappa shape index (κ1) is 17.1. The fourth-order valence-electron chi connectivity index (χ4n) is 3.46. The maximum atomic E-state index is 10.7. The van der Waals surface area contributed by atoms with E-state index in [1.165, 1.54) is 10.6 Å². The van der Waals surface area contributed by atoms with Gasteiger partial charge in [0.1, 0.15) is 12.2 Å². The molecule has 0 saturated carbocycles. The van der Waals surface area contributed by atoms with Crippen molar-refractivity contribution in [3.63, 3.8) is 0 Å². The number of hydrogen-bond donors (Lipinski definition) is 1. The summed E-state index contributed by atoms with van der Waals surface area (Å²) in [6, 6.07) is 20.9. The molecule has 2 fully saturated rings. The highest BCUT2D eigenvalue weighted by molar-refractivity contribution is 7.73. The van der Waals surface area contributed by atoms with Crippen LogP contribution in [0.2, 0.25) is 0 Å². The molecule has 0 bridgehead atoms. The number of benzene rings is 2. The molecule has 2 aliphatic rings. The molecule has 4 nitrogen and oxygen atoms in total. The third-order valence-corrected chi connectivity index (χ3v) is 7.18. The molecular weight excluding hydrogens is 335 g/mol. The van der Waals surface area contributed by atoms with Gasteiger partial charge in [0.25, 0.3) is 0 Å². The number of fused-ring (bicyclic) bond motifs is 1. The molecule has 25 heavy (non-hydrogen) atoms. The minimum Gasteiger partial charge on any atom is -0.387 e. The molecule has 1 N–H and O–H groups in total. The highest BCUT2D eigenvalue weighted by atomic mass is 31.1. The van der Waals surface area contributed by atoms with E-state index >= 15 is 0 Å². The summed E-state index contributed by atoms with van der Waals surface area (Å²) in [5, 5.41) is 13.3. The lowest BCUT2D eigenvalue weighted by Crippen LogP contribution is -2.37. The van der Waals surface area contributed by atoms with Crippen molar-refractivity contribution in [1.29, 1.82) is 0 Å². The van der Waals surface area contributed by atoms with Gasteiger partial charge in [-0.2, -0.15) is 0 Å². The Hall–Kier alpha value is -1.29. The van der Waals surface area contributed by atoms with Gasteiger partial charge in [-0.1, -0.05) is 60.7 Å². The van der Waals surface area contributed by atoms with Crippen LogP contribution in [0.4, 0.5) is 0 Å². The summed E-state index contributed by atoms with van der Waals surface area (Å²) < 4.78 is 17.6. The Morgan fingerprint density at radius 2 is 1.48 bits per heavy atom. The molecule has 5 heteroatoms. The average molecular weight is 358 g/mol. The highest BCUT2D eigenvalue weighted by Crippen LogP contribution is 2.42. The van der Waals surface area contributed by atoms with Crippen LogP contribution in [-0.4, -0.2) is 41.7 Å². The van der Waals surface area contributed by atoms with Gasteiger partial charge >= 0.3 is 0 Å². The van der Waals surface area contributed by atoms with Gasteiger partial charge in [0.15, 0.2) is 12.1 Å². The molecule has 2 aliphatic heterocycles. The normalized spacial score (nSPS) is 30.6. The van der Waals surface area contributed by atoms with Crippen LogP contribution < -0.4 is 10.6 Å². The van der Waals surface area contributed by atoms with Crippen molar-refractivity contribution < 1.29 is 19.3 Å². The van der Waals surface area contributed by atoms with Crippen molar-refractivity contribution in [1.82, 2.24) is 0 Å². The number of aliphatic hydroxyl groups is 1. The Bertz CT molecular complexity index is 667. The second-order valence-corrected chi connectivity index (χ2v) is 9.17. The molecule has 4 rings (SSSR count). The first-order valence-electron chi connectivity index (χ1n) is 8.60. The minimum absolute atomic E-state index is 0.294. The predicted octanol–water partition coefficient (Wildman–Crippen LogP) is 2.36. The zero-order valence-corrected chi connectivity index (χ0v) is 15.3. The lowest BCUT2D eigenvalue weighted by atomic mass is 10.1. The van der Waals surface area contributed by atoms with Gasteiger partial charge in [-0.05, 0) is 32.4 Å². The standard InChI is InChI=1S/C20H23O4P/c1-20(2)23-18-17(21)16(22-19(18)24-20)13-25(14-9-5-3-6-10-14)15-11-7-4-8-12-15/h3-12,16-19,21H,13H2,1-2H3. The van der Waals surface area contributed by atoms with Crippen LogP contribution in [0.15, 0.2) is 60.7 Å². The SMILES string of the molecule is CC1(C)OC2OC(CP(c3ccccc3)c3ccccc3)C(O)C2O1. The molecule has 2 aromatic carbocycles. The minimum atomic E-state index is -0.703. The van der Waals surface area contributed by atoms with Gasteiger partial charge in [-0.25, -0.2) is 0 Å². The Morgan fingerprint density at radius 1 is 0.920 bits per heavy atom. The van der Waals surface area contributed by atoms with Crippen molar-refractivity contribution >= 4 is 18.5 Å². The maximum Gasteiger partial charge on any atom is 0.190 e. The van der Waals surface area contributed by atoms with E-state index < -0.39 is 32.2 Å². The number of hydrogen-bond acceptors (Lipinski definition) is 4. The highest BCUT2D eigenvalue weighted by Gasteiger charge is 2.54. The quantitative estimate of drug-likeness (QED) is 0.853. The monoisotopic (exact) mass is 358 g/mol. The van der Waals surface area contributed by atoms with Crippen LogP contribution in [0.25, 0.3) is 0 Å². The molecule has 0 spiro atoms. The number of rotatable bonds is 4. The molecule has 2 aromatic rings. The lowest BCUT2D eigenvalue weighted by molar-refractivity contribution is -0.211. The summed E-state index contributed by atoms with van der Waals surface area (Å²) in [6.07, 6.45) is -1.13. The summed E-state index contributed by atoms with van der Waals surface area (Å²) >= 11 is 0. The smallest absolute Gasteiger partial charge is 0.190 e. The van der Waals surface area contributed by atoms with E-state index in [1.54, 1.807) is 0 Å².